The van der Waals surface area contributed by atoms with Gasteiger partial charge in [0.2, 0.25) is 0 Å². The van der Waals surface area contributed by atoms with Crippen LogP contribution in [0.3, 0.4) is 0 Å². The van der Waals surface area contributed by atoms with Crippen LogP contribution in [0.2, 0.25) is 0 Å². The van der Waals surface area contributed by atoms with Gasteiger partial charge in [-0.2, -0.15) is 0 Å². The summed E-state index contributed by atoms with van der Waals surface area (Å²) < 4.78 is 0.838. The molecule has 24 heavy (non-hydrogen) atoms. The van der Waals surface area contributed by atoms with Crippen molar-refractivity contribution in [1.29, 1.82) is 0 Å². The van der Waals surface area contributed by atoms with Crippen molar-refractivity contribution in [3.8, 4) is 0 Å². The second kappa shape index (κ2) is 7.75. The molecule has 1 heterocycles. The largest absolute Gasteiger partial charge is 0.367 e. The number of hydrogen-bond acceptors (Lipinski definition) is 4. The maximum Gasteiger partial charge on any atom is 0.274 e. The number of nitrogens with one attached hydrogen (secondary N) is 2. The number of aromatic nitrogens is 2. The Morgan fingerprint density at radius 1 is 1.17 bits per heavy atom. The normalized spacial score (nSPS) is 15.1. The van der Waals surface area contributed by atoms with Crippen LogP contribution < -0.4 is 10.6 Å². The first-order valence-electron chi connectivity index (χ1n) is 8.30. The third-order valence-corrected chi connectivity index (χ3v) is 4.84. The Labute approximate surface area is 150 Å². The zero-order chi connectivity index (χ0) is 16.9. The van der Waals surface area contributed by atoms with Crippen molar-refractivity contribution in [2.75, 3.05) is 10.6 Å². The predicted octanol–water partition coefficient (Wildman–Crippen LogP) is 4.54. The molecule has 0 aliphatic heterocycles. The fourth-order valence-electron chi connectivity index (χ4n) is 2.96. The molecule has 1 fully saturated rings. The van der Waals surface area contributed by atoms with Gasteiger partial charge >= 0.3 is 0 Å². The topological polar surface area (TPSA) is 66.9 Å². The molecule has 1 amide bonds. The van der Waals surface area contributed by atoms with Crippen LogP contribution in [0.15, 0.2) is 34.8 Å². The van der Waals surface area contributed by atoms with Crippen LogP contribution in [0.4, 0.5) is 11.5 Å². The van der Waals surface area contributed by atoms with Gasteiger partial charge < -0.3 is 10.6 Å². The summed E-state index contributed by atoms with van der Waals surface area (Å²) in [5.41, 5.74) is 1.09. The highest BCUT2D eigenvalue weighted by Gasteiger charge is 2.16. The molecule has 0 unspecified atom stereocenters. The molecule has 1 aromatic carbocycles. The second-order valence-corrected chi connectivity index (χ2v) is 6.95. The maximum absolute atomic E-state index is 12.5. The van der Waals surface area contributed by atoms with Gasteiger partial charge in [-0.25, -0.2) is 9.97 Å². The van der Waals surface area contributed by atoms with Gasteiger partial charge in [0.05, 0.1) is 5.69 Å². The highest BCUT2D eigenvalue weighted by molar-refractivity contribution is 9.10. The lowest BCUT2D eigenvalue weighted by molar-refractivity contribution is 0.102. The molecule has 0 spiro atoms. The molecule has 0 radical (unpaired) electrons. The zero-order valence-corrected chi connectivity index (χ0v) is 15.3. The summed E-state index contributed by atoms with van der Waals surface area (Å²) in [5, 5.41) is 6.33. The van der Waals surface area contributed by atoms with Crippen LogP contribution in [0, 0.1) is 6.92 Å². The van der Waals surface area contributed by atoms with Gasteiger partial charge in [0.15, 0.2) is 0 Å². The van der Waals surface area contributed by atoms with E-state index in [0.717, 1.165) is 28.8 Å². The second-order valence-electron chi connectivity index (χ2n) is 6.10. The van der Waals surface area contributed by atoms with Crippen LogP contribution in [0.1, 0.15) is 48.4 Å². The quantitative estimate of drug-likeness (QED) is 0.806. The van der Waals surface area contributed by atoms with Crippen molar-refractivity contribution in [1.82, 2.24) is 9.97 Å². The van der Waals surface area contributed by atoms with Gasteiger partial charge in [-0.15, -0.1) is 0 Å². The van der Waals surface area contributed by atoms with E-state index in [-0.39, 0.29) is 5.91 Å². The van der Waals surface area contributed by atoms with E-state index < -0.39 is 0 Å². The zero-order valence-electron chi connectivity index (χ0n) is 13.7. The van der Waals surface area contributed by atoms with Crippen LogP contribution in [0.25, 0.3) is 0 Å². The van der Waals surface area contributed by atoms with Crippen molar-refractivity contribution >= 4 is 33.3 Å². The van der Waals surface area contributed by atoms with Crippen molar-refractivity contribution in [3.63, 3.8) is 0 Å². The SMILES string of the molecule is Cc1nc(NC2CCCCC2)cc(C(=O)Nc2ccccc2Br)n1. The van der Waals surface area contributed by atoms with Gasteiger partial charge in [0.25, 0.3) is 5.91 Å². The smallest absolute Gasteiger partial charge is 0.274 e. The molecular formula is C18H21BrN4O. The number of para-hydroxylation sites is 1. The highest BCUT2D eigenvalue weighted by atomic mass is 79.9. The van der Waals surface area contributed by atoms with Crippen LogP contribution in [-0.2, 0) is 0 Å². The van der Waals surface area contributed by atoms with E-state index in [9.17, 15) is 4.79 Å². The van der Waals surface area contributed by atoms with E-state index in [4.69, 9.17) is 0 Å². The molecule has 1 aromatic heterocycles. The van der Waals surface area contributed by atoms with E-state index in [1.54, 1.807) is 13.0 Å². The standard InChI is InChI=1S/C18H21BrN4O/c1-12-20-16(18(24)23-15-10-6-5-9-14(15)19)11-17(21-12)22-13-7-3-2-4-8-13/h5-6,9-11,13H,2-4,7-8H2,1H3,(H,23,24)(H,20,21,22). The van der Waals surface area contributed by atoms with Gasteiger partial charge in [-0.05, 0) is 47.8 Å². The number of anilines is 2. The number of benzene rings is 1. The maximum atomic E-state index is 12.5. The Kier molecular flexibility index (Phi) is 5.45. The first-order valence-corrected chi connectivity index (χ1v) is 9.09. The van der Waals surface area contributed by atoms with Gasteiger partial charge in [0, 0.05) is 16.6 Å². The lowest BCUT2D eigenvalue weighted by Crippen LogP contribution is -2.24. The Hall–Kier alpha value is -1.95. The molecular weight excluding hydrogens is 368 g/mol. The summed E-state index contributed by atoms with van der Waals surface area (Å²) in [6.07, 6.45) is 6.11. The molecule has 126 valence electrons. The molecule has 3 rings (SSSR count). The lowest BCUT2D eigenvalue weighted by atomic mass is 9.95. The van der Waals surface area contributed by atoms with Gasteiger partial charge in [-0.3, -0.25) is 4.79 Å². The Bertz CT molecular complexity index is 729. The minimum Gasteiger partial charge on any atom is -0.367 e. The summed E-state index contributed by atoms with van der Waals surface area (Å²) in [6.45, 7) is 1.81. The summed E-state index contributed by atoms with van der Waals surface area (Å²) in [6, 6.07) is 9.68. The molecule has 1 aliphatic rings. The minimum atomic E-state index is -0.237. The number of nitrogens with zero attached hydrogens (tertiary/aromatic N) is 2. The number of amides is 1. The Morgan fingerprint density at radius 2 is 1.92 bits per heavy atom. The number of rotatable bonds is 4. The molecule has 1 aliphatic carbocycles. The Balaban J connectivity index is 1.75. The third-order valence-electron chi connectivity index (χ3n) is 4.15. The summed E-state index contributed by atoms with van der Waals surface area (Å²) in [5.74, 6) is 1.08. The first-order chi connectivity index (χ1) is 11.6. The molecule has 6 heteroatoms. The summed E-state index contributed by atoms with van der Waals surface area (Å²) in [4.78, 5) is 21.2. The molecule has 0 saturated heterocycles. The number of aryl methyl sites for hydroxylation is 1. The van der Waals surface area contributed by atoms with Crippen molar-refractivity contribution < 1.29 is 4.79 Å². The van der Waals surface area contributed by atoms with E-state index in [1.165, 1.54) is 19.3 Å². The predicted molar refractivity (Wildman–Crippen MR) is 99.4 cm³/mol. The van der Waals surface area contributed by atoms with Gasteiger partial charge in [0.1, 0.15) is 17.3 Å². The number of carbonyl (C=O) groups is 1. The number of halogens is 1. The lowest BCUT2D eigenvalue weighted by Gasteiger charge is -2.23. The highest BCUT2D eigenvalue weighted by Crippen LogP contribution is 2.23. The van der Waals surface area contributed by atoms with Crippen LogP contribution >= 0.6 is 15.9 Å². The third kappa shape index (κ3) is 4.32. The van der Waals surface area contributed by atoms with E-state index >= 15 is 0 Å². The molecule has 2 N–H and O–H groups in total. The Morgan fingerprint density at radius 3 is 2.67 bits per heavy atom. The van der Waals surface area contributed by atoms with Crippen molar-refractivity contribution in [3.05, 3.63) is 46.3 Å². The first kappa shape index (κ1) is 16.9. The van der Waals surface area contributed by atoms with E-state index in [0.29, 0.717) is 17.6 Å². The number of hydrogen-bond donors (Lipinski definition) is 2. The summed E-state index contributed by atoms with van der Waals surface area (Å²) >= 11 is 3.43. The minimum absolute atomic E-state index is 0.237. The molecule has 0 bridgehead atoms. The monoisotopic (exact) mass is 388 g/mol. The van der Waals surface area contributed by atoms with E-state index in [2.05, 4.69) is 36.5 Å². The molecule has 0 atom stereocenters. The molecule has 2 aromatic rings. The molecule has 1 saturated carbocycles. The number of carbonyl (C=O) groups excluding carboxylic acids is 1. The fourth-order valence-corrected chi connectivity index (χ4v) is 3.35. The van der Waals surface area contributed by atoms with E-state index in [1.807, 2.05) is 24.3 Å². The summed E-state index contributed by atoms with van der Waals surface area (Å²) in [7, 11) is 0. The van der Waals surface area contributed by atoms with Crippen LogP contribution in [-0.4, -0.2) is 21.9 Å². The fraction of sp³-hybridized carbons (Fsp3) is 0.389. The van der Waals surface area contributed by atoms with Crippen molar-refractivity contribution in [2.24, 2.45) is 0 Å². The van der Waals surface area contributed by atoms with Crippen molar-refractivity contribution in [2.45, 2.75) is 45.1 Å². The average Bonchev–Trinajstić information content (AvgIpc) is 2.57. The van der Waals surface area contributed by atoms with Crippen LogP contribution in [0.5, 0.6) is 0 Å². The molecule has 5 nitrogen and oxygen atoms in total. The average molecular weight is 389 g/mol. The van der Waals surface area contributed by atoms with Gasteiger partial charge in [-0.1, -0.05) is 31.4 Å².